The van der Waals surface area contributed by atoms with Crippen molar-refractivity contribution in [2.24, 2.45) is 0 Å². The number of thiazole rings is 1. The smallest absolute Gasteiger partial charge is 0.106 e. The van der Waals surface area contributed by atoms with Crippen LogP contribution in [0.5, 0.6) is 0 Å². The molecular weight excluding hydrogens is 286 g/mol. The highest BCUT2D eigenvalue weighted by atomic mass is 79.9. The summed E-state index contributed by atoms with van der Waals surface area (Å²) in [4.78, 5) is 9.72. The van der Waals surface area contributed by atoms with Crippen molar-refractivity contribution in [1.29, 1.82) is 0 Å². The van der Waals surface area contributed by atoms with Crippen LogP contribution in [0.4, 0.5) is 5.69 Å². The first kappa shape index (κ1) is 11.5. The predicted molar refractivity (Wildman–Crippen MR) is 70.8 cm³/mol. The van der Waals surface area contributed by atoms with E-state index in [4.69, 9.17) is 0 Å². The lowest BCUT2D eigenvalue weighted by Gasteiger charge is -2.03. The molecule has 0 saturated carbocycles. The molecule has 2 aromatic rings. The summed E-state index contributed by atoms with van der Waals surface area (Å²) >= 11 is 5.06. The van der Waals surface area contributed by atoms with E-state index in [-0.39, 0.29) is 0 Å². The number of hydrogen-bond donors (Lipinski definition) is 1. The standard InChI is InChI=1S/C11H12BrN3S/c1-2-11-15-7-9(16-11)6-13-8-3-4-10(12)14-5-8/h3-5,7,13H,2,6H2,1H3. The quantitative estimate of drug-likeness (QED) is 0.878. The summed E-state index contributed by atoms with van der Waals surface area (Å²) in [5.74, 6) is 0. The fourth-order valence-electron chi connectivity index (χ4n) is 1.26. The van der Waals surface area contributed by atoms with Crippen LogP contribution in [0.25, 0.3) is 0 Å². The number of aromatic nitrogens is 2. The zero-order chi connectivity index (χ0) is 11.4. The maximum atomic E-state index is 4.32. The Labute approximate surface area is 107 Å². The van der Waals surface area contributed by atoms with Gasteiger partial charge in [0.05, 0.1) is 23.4 Å². The minimum Gasteiger partial charge on any atom is -0.379 e. The van der Waals surface area contributed by atoms with Gasteiger partial charge in [-0.1, -0.05) is 6.92 Å². The molecule has 0 saturated heterocycles. The third kappa shape index (κ3) is 3.02. The van der Waals surface area contributed by atoms with Gasteiger partial charge in [0.1, 0.15) is 4.60 Å². The van der Waals surface area contributed by atoms with Crippen molar-refractivity contribution in [3.8, 4) is 0 Å². The second kappa shape index (κ2) is 5.41. The van der Waals surface area contributed by atoms with Gasteiger partial charge in [-0.15, -0.1) is 11.3 Å². The molecule has 2 aromatic heterocycles. The molecule has 3 nitrogen and oxygen atoms in total. The van der Waals surface area contributed by atoms with Crippen LogP contribution in [-0.2, 0) is 13.0 Å². The first-order valence-corrected chi connectivity index (χ1v) is 6.68. The van der Waals surface area contributed by atoms with Crippen molar-refractivity contribution >= 4 is 33.0 Å². The lowest BCUT2D eigenvalue weighted by Crippen LogP contribution is -1.97. The molecule has 84 valence electrons. The van der Waals surface area contributed by atoms with Crippen molar-refractivity contribution in [2.75, 3.05) is 5.32 Å². The maximum Gasteiger partial charge on any atom is 0.106 e. The summed E-state index contributed by atoms with van der Waals surface area (Å²) in [5.41, 5.74) is 1.02. The van der Waals surface area contributed by atoms with Gasteiger partial charge in [0, 0.05) is 11.1 Å². The largest absolute Gasteiger partial charge is 0.379 e. The second-order valence-corrected chi connectivity index (χ2v) is 5.31. The van der Waals surface area contributed by atoms with Gasteiger partial charge in [0.15, 0.2) is 0 Å². The highest BCUT2D eigenvalue weighted by Gasteiger charge is 2.00. The van der Waals surface area contributed by atoms with Gasteiger partial charge < -0.3 is 5.32 Å². The van der Waals surface area contributed by atoms with E-state index in [1.54, 1.807) is 11.3 Å². The van der Waals surface area contributed by atoms with Gasteiger partial charge >= 0.3 is 0 Å². The number of pyridine rings is 1. The zero-order valence-electron chi connectivity index (χ0n) is 8.90. The van der Waals surface area contributed by atoms with Crippen LogP contribution in [0.1, 0.15) is 16.8 Å². The van der Waals surface area contributed by atoms with Crippen LogP contribution < -0.4 is 5.32 Å². The molecule has 0 aromatic carbocycles. The molecule has 5 heteroatoms. The number of nitrogens with one attached hydrogen (secondary N) is 1. The number of rotatable bonds is 4. The van der Waals surface area contributed by atoms with Crippen molar-refractivity contribution in [2.45, 2.75) is 19.9 Å². The van der Waals surface area contributed by atoms with Crippen LogP contribution in [0, 0.1) is 0 Å². The third-order valence-electron chi connectivity index (χ3n) is 2.10. The normalized spacial score (nSPS) is 10.4. The molecule has 0 aliphatic heterocycles. The fourth-order valence-corrected chi connectivity index (χ4v) is 2.30. The molecule has 0 fully saturated rings. The Morgan fingerprint density at radius 3 is 2.81 bits per heavy atom. The summed E-state index contributed by atoms with van der Waals surface area (Å²) in [7, 11) is 0. The maximum absolute atomic E-state index is 4.32. The topological polar surface area (TPSA) is 37.8 Å². The third-order valence-corrected chi connectivity index (χ3v) is 3.71. The number of aryl methyl sites for hydroxylation is 1. The van der Waals surface area contributed by atoms with Crippen LogP contribution in [0.3, 0.4) is 0 Å². The lowest BCUT2D eigenvalue weighted by molar-refractivity contribution is 1.09. The Morgan fingerprint density at radius 2 is 2.19 bits per heavy atom. The Balaban J connectivity index is 1.94. The summed E-state index contributed by atoms with van der Waals surface area (Å²) in [5, 5.41) is 4.50. The molecule has 16 heavy (non-hydrogen) atoms. The Morgan fingerprint density at radius 1 is 1.31 bits per heavy atom. The molecule has 0 atom stereocenters. The zero-order valence-corrected chi connectivity index (χ0v) is 11.3. The first-order valence-electron chi connectivity index (χ1n) is 5.07. The molecule has 0 spiro atoms. The number of nitrogens with zero attached hydrogens (tertiary/aromatic N) is 2. The average molecular weight is 298 g/mol. The highest BCUT2D eigenvalue weighted by molar-refractivity contribution is 9.10. The summed E-state index contributed by atoms with van der Waals surface area (Å²) in [6.45, 7) is 2.93. The van der Waals surface area contributed by atoms with Crippen molar-refractivity contribution in [3.05, 3.63) is 39.0 Å². The van der Waals surface area contributed by atoms with E-state index in [1.807, 2.05) is 24.5 Å². The number of hydrogen-bond acceptors (Lipinski definition) is 4. The lowest BCUT2D eigenvalue weighted by atomic mass is 10.4. The van der Waals surface area contributed by atoms with Crippen LogP contribution >= 0.6 is 27.3 Å². The molecule has 0 bridgehead atoms. The fraction of sp³-hybridized carbons (Fsp3) is 0.273. The Hall–Kier alpha value is -0.940. The Bertz CT molecular complexity index is 453. The molecule has 0 amide bonds. The minimum absolute atomic E-state index is 0.807. The predicted octanol–water partition coefficient (Wildman–Crippen LogP) is 3.48. The van der Waals surface area contributed by atoms with Gasteiger partial charge in [-0.05, 0) is 34.5 Å². The molecule has 0 aliphatic rings. The first-order chi connectivity index (χ1) is 7.78. The summed E-state index contributed by atoms with van der Waals surface area (Å²) in [6.07, 6.45) is 4.75. The van der Waals surface area contributed by atoms with E-state index in [1.165, 1.54) is 9.88 Å². The minimum atomic E-state index is 0.807. The van der Waals surface area contributed by atoms with E-state index in [9.17, 15) is 0 Å². The van der Waals surface area contributed by atoms with E-state index in [2.05, 4.69) is 38.1 Å². The molecule has 0 radical (unpaired) electrons. The summed E-state index contributed by atoms with van der Waals surface area (Å²) < 4.78 is 0.851. The van der Waals surface area contributed by atoms with Crippen molar-refractivity contribution in [3.63, 3.8) is 0 Å². The second-order valence-electron chi connectivity index (χ2n) is 3.30. The van der Waals surface area contributed by atoms with Crippen LogP contribution in [0.15, 0.2) is 29.1 Å². The highest BCUT2D eigenvalue weighted by Crippen LogP contribution is 2.16. The van der Waals surface area contributed by atoms with Crippen LogP contribution in [0.2, 0.25) is 0 Å². The Kier molecular flexibility index (Phi) is 3.90. The van der Waals surface area contributed by atoms with Crippen molar-refractivity contribution in [1.82, 2.24) is 9.97 Å². The van der Waals surface area contributed by atoms with Crippen molar-refractivity contribution < 1.29 is 0 Å². The number of anilines is 1. The van der Waals surface area contributed by atoms with E-state index < -0.39 is 0 Å². The van der Waals surface area contributed by atoms with Gasteiger partial charge in [0.2, 0.25) is 0 Å². The van der Waals surface area contributed by atoms with E-state index >= 15 is 0 Å². The number of halogens is 1. The molecule has 1 N–H and O–H groups in total. The van der Waals surface area contributed by atoms with E-state index in [0.717, 1.165) is 23.3 Å². The monoisotopic (exact) mass is 297 g/mol. The summed E-state index contributed by atoms with van der Waals surface area (Å²) in [6, 6.07) is 3.92. The molecular formula is C11H12BrN3S. The molecule has 0 unspecified atom stereocenters. The average Bonchev–Trinajstić information content (AvgIpc) is 2.76. The van der Waals surface area contributed by atoms with Gasteiger partial charge in [-0.2, -0.15) is 0 Å². The van der Waals surface area contributed by atoms with Crippen LogP contribution in [-0.4, -0.2) is 9.97 Å². The van der Waals surface area contributed by atoms with Gasteiger partial charge in [-0.3, -0.25) is 0 Å². The molecule has 0 aliphatic carbocycles. The van der Waals surface area contributed by atoms with Gasteiger partial charge in [0.25, 0.3) is 0 Å². The van der Waals surface area contributed by atoms with E-state index in [0.29, 0.717) is 0 Å². The van der Waals surface area contributed by atoms with Gasteiger partial charge in [-0.25, -0.2) is 9.97 Å². The molecule has 2 heterocycles. The molecule has 2 rings (SSSR count). The SMILES string of the molecule is CCc1ncc(CNc2ccc(Br)nc2)s1.